The van der Waals surface area contributed by atoms with Crippen molar-refractivity contribution < 1.29 is 4.79 Å². The van der Waals surface area contributed by atoms with Crippen LogP contribution in [0.3, 0.4) is 0 Å². The van der Waals surface area contributed by atoms with Gasteiger partial charge in [0.2, 0.25) is 0 Å². The normalized spacial score (nSPS) is 17.3. The monoisotopic (exact) mass is 289 g/mol. The zero-order valence-electron chi connectivity index (χ0n) is 13.4. The van der Waals surface area contributed by atoms with Gasteiger partial charge in [-0.2, -0.15) is 0 Å². The number of carbonyl (C=O) groups is 1. The van der Waals surface area contributed by atoms with E-state index in [4.69, 9.17) is 0 Å². The number of anilines is 1. The number of carbonyl (C=O) groups excluding carboxylic acids is 1. The number of hydrogen-bond acceptors (Lipinski definition) is 3. The molecule has 1 aliphatic rings. The maximum atomic E-state index is 12.5. The molecule has 4 nitrogen and oxygen atoms in total. The van der Waals surface area contributed by atoms with Crippen LogP contribution in [0.5, 0.6) is 0 Å². The molecule has 4 heteroatoms. The molecule has 0 radical (unpaired) electrons. The highest BCUT2D eigenvalue weighted by Gasteiger charge is 2.24. The van der Waals surface area contributed by atoms with Gasteiger partial charge in [0.15, 0.2) is 0 Å². The quantitative estimate of drug-likeness (QED) is 0.872. The number of aromatic nitrogens is 1. The summed E-state index contributed by atoms with van der Waals surface area (Å²) in [6.07, 6.45) is 7.44. The van der Waals surface area contributed by atoms with Crippen LogP contribution in [-0.4, -0.2) is 24.0 Å². The van der Waals surface area contributed by atoms with Gasteiger partial charge in [-0.25, -0.2) is 4.98 Å². The van der Waals surface area contributed by atoms with Crippen molar-refractivity contribution in [3.8, 4) is 0 Å². The molecule has 1 fully saturated rings. The number of nitrogens with one attached hydrogen (secondary N) is 2. The Morgan fingerprint density at radius 2 is 2.05 bits per heavy atom. The SMILES string of the molecule is CCC(NC(=O)c1cc(C)nc(NC)c1)C1CCCCC1. The fourth-order valence-electron chi connectivity index (χ4n) is 3.27. The van der Waals surface area contributed by atoms with E-state index in [2.05, 4.69) is 22.5 Å². The van der Waals surface area contributed by atoms with E-state index in [1.807, 2.05) is 26.1 Å². The first kappa shape index (κ1) is 15.8. The fourth-order valence-corrected chi connectivity index (χ4v) is 3.27. The molecule has 1 saturated carbocycles. The van der Waals surface area contributed by atoms with Gasteiger partial charge in [-0.3, -0.25) is 4.79 Å². The van der Waals surface area contributed by atoms with E-state index >= 15 is 0 Å². The molecule has 1 aromatic heterocycles. The van der Waals surface area contributed by atoms with Gasteiger partial charge < -0.3 is 10.6 Å². The highest BCUT2D eigenvalue weighted by molar-refractivity contribution is 5.95. The van der Waals surface area contributed by atoms with Gasteiger partial charge in [-0.15, -0.1) is 0 Å². The lowest BCUT2D eigenvalue weighted by Crippen LogP contribution is -2.40. The number of aryl methyl sites for hydroxylation is 1. The zero-order valence-corrected chi connectivity index (χ0v) is 13.4. The summed E-state index contributed by atoms with van der Waals surface area (Å²) < 4.78 is 0. The number of nitrogens with zero attached hydrogens (tertiary/aromatic N) is 1. The second kappa shape index (κ2) is 7.43. The second-order valence-electron chi connectivity index (χ2n) is 6.02. The first-order valence-electron chi connectivity index (χ1n) is 8.11. The fraction of sp³-hybridized carbons (Fsp3) is 0.647. The van der Waals surface area contributed by atoms with Crippen molar-refractivity contribution in [2.24, 2.45) is 5.92 Å². The van der Waals surface area contributed by atoms with E-state index in [9.17, 15) is 4.79 Å². The van der Waals surface area contributed by atoms with E-state index in [0.29, 0.717) is 17.5 Å². The summed E-state index contributed by atoms with van der Waals surface area (Å²) in [5.74, 6) is 1.40. The minimum Gasteiger partial charge on any atom is -0.373 e. The van der Waals surface area contributed by atoms with Gasteiger partial charge in [0.05, 0.1) is 0 Å². The van der Waals surface area contributed by atoms with Crippen LogP contribution in [0.2, 0.25) is 0 Å². The predicted molar refractivity (Wildman–Crippen MR) is 86.6 cm³/mol. The summed E-state index contributed by atoms with van der Waals surface area (Å²) in [7, 11) is 1.82. The summed E-state index contributed by atoms with van der Waals surface area (Å²) in [6, 6.07) is 3.96. The van der Waals surface area contributed by atoms with Crippen LogP contribution in [0, 0.1) is 12.8 Å². The van der Waals surface area contributed by atoms with Crippen molar-refractivity contribution in [2.75, 3.05) is 12.4 Å². The Labute approximate surface area is 127 Å². The Bertz CT molecular complexity index is 481. The molecule has 0 bridgehead atoms. The van der Waals surface area contributed by atoms with Crippen molar-refractivity contribution in [1.29, 1.82) is 0 Å². The van der Waals surface area contributed by atoms with Gasteiger partial charge in [0.25, 0.3) is 5.91 Å². The number of rotatable bonds is 5. The largest absolute Gasteiger partial charge is 0.373 e. The van der Waals surface area contributed by atoms with Crippen molar-refractivity contribution in [2.45, 2.75) is 58.4 Å². The van der Waals surface area contributed by atoms with Crippen molar-refractivity contribution in [3.63, 3.8) is 0 Å². The average Bonchev–Trinajstić information content (AvgIpc) is 2.52. The van der Waals surface area contributed by atoms with Crippen LogP contribution in [0.1, 0.15) is 61.5 Å². The van der Waals surface area contributed by atoms with Gasteiger partial charge >= 0.3 is 0 Å². The van der Waals surface area contributed by atoms with E-state index in [1.54, 1.807) is 0 Å². The molecule has 1 atom stereocenters. The Balaban J connectivity index is 2.06. The van der Waals surface area contributed by atoms with Crippen LogP contribution in [-0.2, 0) is 0 Å². The summed E-state index contributed by atoms with van der Waals surface area (Å²) in [4.78, 5) is 16.8. The predicted octanol–water partition coefficient (Wildman–Crippen LogP) is 3.52. The van der Waals surface area contributed by atoms with Gasteiger partial charge in [-0.1, -0.05) is 26.2 Å². The standard InChI is InChI=1S/C17H27N3O/c1-4-15(13-8-6-5-7-9-13)20-17(21)14-10-12(2)19-16(11-14)18-3/h10-11,13,15H,4-9H2,1-3H3,(H,18,19)(H,20,21). The van der Waals surface area contributed by atoms with Crippen molar-refractivity contribution in [3.05, 3.63) is 23.4 Å². The highest BCUT2D eigenvalue weighted by atomic mass is 16.1. The highest BCUT2D eigenvalue weighted by Crippen LogP contribution is 2.28. The number of pyridine rings is 1. The summed E-state index contributed by atoms with van der Waals surface area (Å²) in [5.41, 5.74) is 1.55. The molecule has 1 aromatic rings. The van der Waals surface area contributed by atoms with Crippen LogP contribution >= 0.6 is 0 Å². The lowest BCUT2D eigenvalue weighted by molar-refractivity contribution is 0.0911. The Hall–Kier alpha value is -1.58. The molecule has 0 saturated heterocycles. The molecule has 116 valence electrons. The topological polar surface area (TPSA) is 54.0 Å². The molecule has 1 heterocycles. The van der Waals surface area contributed by atoms with Gasteiger partial charge in [-0.05, 0) is 44.2 Å². The van der Waals surface area contributed by atoms with Crippen LogP contribution in [0.25, 0.3) is 0 Å². The minimum absolute atomic E-state index is 0.0226. The number of amides is 1. The zero-order chi connectivity index (χ0) is 15.2. The summed E-state index contributed by atoms with van der Waals surface area (Å²) in [5, 5.41) is 6.24. The van der Waals surface area contributed by atoms with Crippen molar-refractivity contribution in [1.82, 2.24) is 10.3 Å². The summed E-state index contributed by atoms with van der Waals surface area (Å²) in [6.45, 7) is 4.08. The van der Waals surface area contributed by atoms with E-state index < -0.39 is 0 Å². The third kappa shape index (κ3) is 4.19. The number of hydrogen-bond donors (Lipinski definition) is 2. The lowest BCUT2D eigenvalue weighted by atomic mass is 9.83. The molecule has 2 N–H and O–H groups in total. The lowest BCUT2D eigenvalue weighted by Gasteiger charge is -2.30. The third-order valence-corrected chi connectivity index (χ3v) is 4.45. The molecule has 0 aliphatic heterocycles. The van der Waals surface area contributed by atoms with E-state index in [-0.39, 0.29) is 5.91 Å². The Morgan fingerprint density at radius 1 is 1.33 bits per heavy atom. The maximum absolute atomic E-state index is 12.5. The van der Waals surface area contributed by atoms with Gasteiger partial charge in [0, 0.05) is 24.3 Å². The minimum atomic E-state index is 0.0226. The van der Waals surface area contributed by atoms with Crippen LogP contribution in [0.4, 0.5) is 5.82 Å². The first-order valence-corrected chi connectivity index (χ1v) is 8.11. The second-order valence-corrected chi connectivity index (χ2v) is 6.02. The molecule has 2 rings (SSSR count). The molecular formula is C17H27N3O. The smallest absolute Gasteiger partial charge is 0.251 e. The molecule has 1 aliphatic carbocycles. The molecule has 21 heavy (non-hydrogen) atoms. The third-order valence-electron chi connectivity index (χ3n) is 4.45. The maximum Gasteiger partial charge on any atom is 0.251 e. The van der Waals surface area contributed by atoms with Crippen LogP contribution < -0.4 is 10.6 Å². The molecule has 1 amide bonds. The van der Waals surface area contributed by atoms with E-state index in [0.717, 1.165) is 17.9 Å². The molecule has 1 unspecified atom stereocenters. The average molecular weight is 289 g/mol. The first-order chi connectivity index (χ1) is 10.1. The van der Waals surface area contributed by atoms with Crippen molar-refractivity contribution >= 4 is 11.7 Å². The van der Waals surface area contributed by atoms with Crippen LogP contribution in [0.15, 0.2) is 12.1 Å². The molecule has 0 aromatic carbocycles. The van der Waals surface area contributed by atoms with E-state index in [1.165, 1.54) is 32.1 Å². The molecule has 0 spiro atoms. The Kier molecular flexibility index (Phi) is 5.59. The molecular weight excluding hydrogens is 262 g/mol. The Morgan fingerprint density at radius 3 is 2.67 bits per heavy atom. The summed E-state index contributed by atoms with van der Waals surface area (Å²) >= 11 is 0. The van der Waals surface area contributed by atoms with Gasteiger partial charge in [0.1, 0.15) is 5.82 Å².